The van der Waals surface area contributed by atoms with Crippen molar-refractivity contribution in [2.45, 2.75) is 13.8 Å². The molecule has 1 amide bonds. The number of hydrogen-bond acceptors (Lipinski definition) is 3. The standard InChI is InChI=1S/C14H12N2OS/c1-8-5-9(2)18-13(8)6-11-10-3-4-15-7-12(10)16-14(11)17/h3-7H,1-2H3,(H,16,17). The molecule has 1 aliphatic heterocycles. The van der Waals surface area contributed by atoms with Gasteiger partial charge in [-0.1, -0.05) is 0 Å². The Balaban J connectivity index is 2.12. The van der Waals surface area contributed by atoms with Gasteiger partial charge in [-0.3, -0.25) is 9.78 Å². The van der Waals surface area contributed by atoms with Crippen LogP contribution in [0.3, 0.4) is 0 Å². The van der Waals surface area contributed by atoms with Crippen molar-refractivity contribution in [1.82, 2.24) is 4.98 Å². The molecule has 3 rings (SSSR count). The number of nitrogens with zero attached hydrogens (tertiary/aromatic N) is 1. The third-order valence-electron chi connectivity index (χ3n) is 2.96. The van der Waals surface area contributed by atoms with Gasteiger partial charge in [-0.25, -0.2) is 0 Å². The number of hydrogen-bond donors (Lipinski definition) is 1. The average Bonchev–Trinajstić information content (AvgIpc) is 2.81. The van der Waals surface area contributed by atoms with E-state index in [4.69, 9.17) is 0 Å². The number of thiophene rings is 1. The first-order valence-electron chi connectivity index (χ1n) is 5.69. The van der Waals surface area contributed by atoms with Crippen molar-refractivity contribution in [3.05, 3.63) is 45.4 Å². The molecule has 0 aromatic carbocycles. The SMILES string of the molecule is Cc1cc(C)c(C=C2C(=O)Nc3cnccc32)s1. The molecule has 3 nitrogen and oxygen atoms in total. The van der Waals surface area contributed by atoms with Gasteiger partial charge in [0.15, 0.2) is 0 Å². The molecular formula is C14H12N2OS. The van der Waals surface area contributed by atoms with E-state index in [1.807, 2.05) is 12.1 Å². The smallest absolute Gasteiger partial charge is 0.256 e. The predicted molar refractivity (Wildman–Crippen MR) is 74.5 cm³/mol. The third kappa shape index (κ3) is 1.75. The summed E-state index contributed by atoms with van der Waals surface area (Å²) >= 11 is 1.71. The lowest BCUT2D eigenvalue weighted by molar-refractivity contribution is -0.110. The first-order chi connectivity index (χ1) is 8.65. The van der Waals surface area contributed by atoms with E-state index in [1.54, 1.807) is 23.7 Å². The van der Waals surface area contributed by atoms with Gasteiger partial charge in [0.2, 0.25) is 0 Å². The van der Waals surface area contributed by atoms with E-state index in [2.05, 4.69) is 30.2 Å². The van der Waals surface area contributed by atoms with Gasteiger partial charge in [-0.05, 0) is 37.6 Å². The molecule has 0 saturated heterocycles. The number of aromatic nitrogens is 1. The van der Waals surface area contributed by atoms with E-state index in [0.717, 1.165) is 21.7 Å². The third-order valence-corrected chi connectivity index (χ3v) is 4.06. The molecule has 0 unspecified atom stereocenters. The molecule has 0 fully saturated rings. The van der Waals surface area contributed by atoms with Crippen LogP contribution in [0, 0.1) is 13.8 Å². The Morgan fingerprint density at radius 1 is 1.39 bits per heavy atom. The zero-order chi connectivity index (χ0) is 12.7. The Kier molecular flexibility index (Phi) is 2.52. The number of aryl methyl sites for hydroxylation is 2. The van der Waals surface area contributed by atoms with Crippen LogP contribution in [0.1, 0.15) is 20.9 Å². The first kappa shape index (κ1) is 11.2. The number of pyridine rings is 1. The Labute approximate surface area is 109 Å². The molecule has 0 atom stereocenters. The minimum absolute atomic E-state index is 0.0524. The highest BCUT2D eigenvalue weighted by Crippen LogP contribution is 2.34. The van der Waals surface area contributed by atoms with E-state index >= 15 is 0 Å². The number of nitrogens with one attached hydrogen (secondary N) is 1. The van der Waals surface area contributed by atoms with E-state index in [-0.39, 0.29) is 5.91 Å². The van der Waals surface area contributed by atoms with Crippen molar-refractivity contribution in [2.75, 3.05) is 5.32 Å². The Morgan fingerprint density at radius 3 is 2.94 bits per heavy atom. The summed E-state index contributed by atoms with van der Waals surface area (Å²) in [4.78, 5) is 18.4. The van der Waals surface area contributed by atoms with Crippen molar-refractivity contribution in [1.29, 1.82) is 0 Å². The van der Waals surface area contributed by atoms with Gasteiger partial charge in [0, 0.05) is 21.5 Å². The molecule has 2 aromatic rings. The van der Waals surface area contributed by atoms with Gasteiger partial charge in [0.1, 0.15) is 0 Å². The molecule has 4 heteroatoms. The summed E-state index contributed by atoms with van der Waals surface area (Å²) in [5, 5.41) is 2.83. The summed E-state index contributed by atoms with van der Waals surface area (Å²) in [5.41, 5.74) is 3.65. The van der Waals surface area contributed by atoms with Crippen LogP contribution < -0.4 is 5.32 Å². The quantitative estimate of drug-likeness (QED) is 0.796. The largest absolute Gasteiger partial charge is 0.320 e. The van der Waals surface area contributed by atoms with Crippen LogP contribution in [0.4, 0.5) is 5.69 Å². The maximum atomic E-state index is 12.0. The fraction of sp³-hybridized carbons (Fsp3) is 0.143. The molecule has 0 saturated carbocycles. The zero-order valence-electron chi connectivity index (χ0n) is 10.2. The lowest BCUT2D eigenvalue weighted by Gasteiger charge is -1.96. The highest BCUT2D eigenvalue weighted by Gasteiger charge is 2.24. The average molecular weight is 256 g/mol. The van der Waals surface area contributed by atoms with Gasteiger partial charge in [-0.2, -0.15) is 0 Å². The Hall–Kier alpha value is -1.94. The maximum Gasteiger partial charge on any atom is 0.256 e. The highest BCUT2D eigenvalue weighted by molar-refractivity contribution is 7.13. The number of fused-ring (bicyclic) bond motifs is 1. The molecule has 2 aromatic heterocycles. The van der Waals surface area contributed by atoms with E-state index < -0.39 is 0 Å². The minimum Gasteiger partial charge on any atom is -0.320 e. The van der Waals surface area contributed by atoms with Crippen LogP contribution in [0.15, 0.2) is 24.5 Å². The molecule has 0 aliphatic carbocycles. The molecule has 0 spiro atoms. The second-order valence-electron chi connectivity index (χ2n) is 4.34. The Morgan fingerprint density at radius 2 is 2.22 bits per heavy atom. The molecule has 3 heterocycles. The lowest BCUT2D eigenvalue weighted by atomic mass is 10.1. The predicted octanol–water partition coefficient (Wildman–Crippen LogP) is 3.25. The molecular weight excluding hydrogens is 244 g/mol. The molecule has 0 radical (unpaired) electrons. The fourth-order valence-corrected chi connectivity index (χ4v) is 3.10. The number of rotatable bonds is 1. The number of anilines is 1. The normalized spacial score (nSPS) is 15.9. The second-order valence-corrected chi connectivity index (χ2v) is 5.63. The van der Waals surface area contributed by atoms with Crippen molar-refractivity contribution in [3.63, 3.8) is 0 Å². The van der Waals surface area contributed by atoms with E-state index in [0.29, 0.717) is 0 Å². The highest BCUT2D eigenvalue weighted by atomic mass is 32.1. The zero-order valence-corrected chi connectivity index (χ0v) is 11.0. The van der Waals surface area contributed by atoms with Gasteiger partial charge in [-0.15, -0.1) is 11.3 Å². The Bertz CT molecular complexity index is 670. The molecule has 18 heavy (non-hydrogen) atoms. The van der Waals surface area contributed by atoms with Gasteiger partial charge in [0.05, 0.1) is 17.5 Å². The van der Waals surface area contributed by atoms with Crippen LogP contribution in [0.2, 0.25) is 0 Å². The lowest BCUT2D eigenvalue weighted by Crippen LogP contribution is -2.03. The van der Waals surface area contributed by atoms with Gasteiger partial charge in [0.25, 0.3) is 5.91 Å². The van der Waals surface area contributed by atoms with Crippen LogP contribution >= 0.6 is 11.3 Å². The minimum atomic E-state index is -0.0524. The molecule has 1 N–H and O–H groups in total. The van der Waals surface area contributed by atoms with E-state index in [1.165, 1.54) is 10.4 Å². The van der Waals surface area contributed by atoms with Crippen LogP contribution in [0.5, 0.6) is 0 Å². The maximum absolute atomic E-state index is 12.0. The number of amides is 1. The molecule has 1 aliphatic rings. The van der Waals surface area contributed by atoms with Crippen LogP contribution in [-0.4, -0.2) is 10.9 Å². The van der Waals surface area contributed by atoms with E-state index in [9.17, 15) is 4.79 Å². The summed E-state index contributed by atoms with van der Waals surface area (Å²) in [6.07, 6.45) is 5.36. The number of carbonyl (C=O) groups is 1. The van der Waals surface area contributed by atoms with Crippen LogP contribution in [-0.2, 0) is 4.79 Å². The topological polar surface area (TPSA) is 42.0 Å². The van der Waals surface area contributed by atoms with Crippen molar-refractivity contribution in [3.8, 4) is 0 Å². The molecule has 90 valence electrons. The van der Waals surface area contributed by atoms with Crippen LogP contribution in [0.25, 0.3) is 11.6 Å². The monoisotopic (exact) mass is 256 g/mol. The summed E-state index contributed by atoms with van der Waals surface area (Å²) < 4.78 is 0. The summed E-state index contributed by atoms with van der Waals surface area (Å²) in [6.45, 7) is 4.14. The number of carbonyl (C=O) groups excluding carboxylic acids is 1. The summed E-state index contributed by atoms with van der Waals surface area (Å²) in [5.74, 6) is -0.0524. The second kappa shape index (κ2) is 4.07. The summed E-state index contributed by atoms with van der Waals surface area (Å²) in [7, 11) is 0. The molecule has 0 bridgehead atoms. The fourth-order valence-electron chi connectivity index (χ4n) is 2.12. The van der Waals surface area contributed by atoms with Gasteiger partial charge >= 0.3 is 0 Å². The first-order valence-corrected chi connectivity index (χ1v) is 6.51. The van der Waals surface area contributed by atoms with Crippen molar-refractivity contribution in [2.24, 2.45) is 0 Å². The van der Waals surface area contributed by atoms with Gasteiger partial charge < -0.3 is 5.32 Å². The van der Waals surface area contributed by atoms with Crippen molar-refractivity contribution >= 4 is 34.6 Å². The summed E-state index contributed by atoms with van der Waals surface area (Å²) in [6, 6.07) is 4.01. The van der Waals surface area contributed by atoms with Crippen molar-refractivity contribution < 1.29 is 4.79 Å².